The normalized spacial score (nSPS) is 32.2. The minimum absolute atomic E-state index is 0.153. The fourth-order valence-corrected chi connectivity index (χ4v) is 4.06. The summed E-state index contributed by atoms with van der Waals surface area (Å²) in [6.07, 6.45) is 4.81. The third-order valence-corrected chi connectivity index (χ3v) is 4.61. The molecule has 2 aliphatic heterocycles. The zero-order valence-electron chi connectivity index (χ0n) is 8.86. The fourth-order valence-electron chi connectivity index (χ4n) is 3.42. The predicted molar refractivity (Wildman–Crippen MR) is 65.4 cm³/mol. The second-order valence-corrected chi connectivity index (χ2v) is 5.71. The highest BCUT2D eigenvalue weighted by Crippen LogP contribution is 2.55. The summed E-state index contributed by atoms with van der Waals surface area (Å²) in [5, 5.41) is 0. The van der Waals surface area contributed by atoms with E-state index in [1.54, 1.807) is 6.07 Å². The van der Waals surface area contributed by atoms with Crippen molar-refractivity contribution < 1.29 is 9.18 Å². The maximum Gasteiger partial charge on any atom is 0.228 e. The van der Waals surface area contributed by atoms with Crippen molar-refractivity contribution in [3.8, 4) is 0 Å². The molecule has 0 aromatic heterocycles. The molecule has 1 aliphatic carbocycles. The van der Waals surface area contributed by atoms with Gasteiger partial charge in [-0.25, -0.2) is 4.39 Å². The SMILES string of the molecule is O=C1C[C@H]2C=C[C@H]3c4cc(F)cc(Br)c4N1[C@@H]23. The molecule has 0 N–H and O–H groups in total. The summed E-state index contributed by atoms with van der Waals surface area (Å²) in [7, 11) is 0. The second kappa shape index (κ2) is 2.99. The Morgan fingerprint density at radius 3 is 3.00 bits per heavy atom. The Balaban J connectivity index is 2.02. The van der Waals surface area contributed by atoms with Crippen molar-refractivity contribution in [1.82, 2.24) is 0 Å². The van der Waals surface area contributed by atoms with Crippen molar-refractivity contribution >= 4 is 27.5 Å². The summed E-state index contributed by atoms with van der Waals surface area (Å²) in [4.78, 5) is 13.9. The van der Waals surface area contributed by atoms with E-state index in [0.29, 0.717) is 16.8 Å². The molecule has 1 aromatic carbocycles. The molecular formula is C13H9BrFNO. The lowest BCUT2D eigenvalue weighted by atomic mass is 9.94. The first-order valence-electron chi connectivity index (χ1n) is 5.66. The smallest absolute Gasteiger partial charge is 0.228 e. The molecule has 0 spiro atoms. The maximum absolute atomic E-state index is 13.5. The van der Waals surface area contributed by atoms with E-state index in [1.165, 1.54) is 6.07 Å². The van der Waals surface area contributed by atoms with E-state index in [4.69, 9.17) is 0 Å². The number of hydrogen-bond acceptors (Lipinski definition) is 1. The molecule has 4 heteroatoms. The van der Waals surface area contributed by atoms with E-state index in [1.807, 2.05) is 4.90 Å². The molecule has 1 saturated heterocycles. The fraction of sp³-hybridized carbons (Fsp3) is 0.308. The van der Waals surface area contributed by atoms with Crippen LogP contribution in [0.2, 0.25) is 0 Å². The second-order valence-electron chi connectivity index (χ2n) is 4.86. The van der Waals surface area contributed by atoms with Crippen LogP contribution in [0.5, 0.6) is 0 Å². The average molecular weight is 294 g/mol. The van der Waals surface area contributed by atoms with Gasteiger partial charge in [0.25, 0.3) is 0 Å². The van der Waals surface area contributed by atoms with Crippen molar-refractivity contribution in [3.05, 3.63) is 40.1 Å². The molecule has 86 valence electrons. The summed E-state index contributed by atoms with van der Waals surface area (Å²) in [5.74, 6) is 0.379. The first-order chi connectivity index (χ1) is 8.16. The van der Waals surface area contributed by atoms with Crippen LogP contribution in [0.25, 0.3) is 0 Å². The first-order valence-corrected chi connectivity index (χ1v) is 6.45. The van der Waals surface area contributed by atoms with Gasteiger partial charge in [0, 0.05) is 22.7 Å². The van der Waals surface area contributed by atoms with Gasteiger partial charge in [-0.15, -0.1) is 0 Å². The Hall–Kier alpha value is -1.16. The molecule has 0 saturated carbocycles. The van der Waals surface area contributed by atoms with Crippen molar-refractivity contribution in [3.63, 3.8) is 0 Å². The topological polar surface area (TPSA) is 20.3 Å². The molecule has 1 aromatic rings. The summed E-state index contributed by atoms with van der Waals surface area (Å²) in [6.45, 7) is 0. The Bertz CT molecular complexity index is 583. The van der Waals surface area contributed by atoms with E-state index in [9.17, 15) is 9.18 Å². The molecule has 4 rings (SSSR count). The van der Waals surface area contributed by atoms with Gasteiger partial charge in [0.05, 0.1) is 11.7 Å². The van der Waals surface area contributed by atoms with Gasteiger partial charge in [-0.05, 0) is 33.6 Å². The van der Waals surface area contributed by atoms with E-state index in [0.717, 1.165) is 11.3 Å². The van der Waals surface area contributed by atoms with Crippen molar-refractivity contribution in [2.24, 2.45) is 5.92 Å². The number of rotatable bonds is 0. The summed E-state index contributed by atoms with van der Waals surface area (Å²) < 4.78 is 14.1. The van der Waals surface area contributed by atoms with Crippen LogP contribution >= 0.6 is 15.9 Å². The Morgan fingerprint density at radius 1 is 1.35 bits per heavy atom. The molecule has 2 heterocycles. The lowest BCUT2D eigenvalue weighted by Crippen LogP contribution is -2.31. The van der Waals surface area contributed by atoms with Crippen LogP contribution in [0.4, 0.5) is 10.1 Å². The molecule has 1 amide bonds. The molecule has 0 radical (unpaired) electrons. The number of nitrogens with zero attached hydrogens (tertiary/aromatic N) is 1. The van der Waals surface area contributed by atoms with Crippen molar-refractivity contribution in [2.45, 2.75) is 18.4 Å². The standard InChI is InChI=1S/C13H9BrFNO/c14-10-5-7(15)4-9-8-2-1-6-3-11(17)16(12(6)8)13(9)10/h1-2,4-6,8,12H,3H2/t6-,8+,12+/m1/s1. The Kier molecular flexibility index (Phi) is 1.73. The number of carbonyl (C=O) groups is 1. The van der Waals surface area contributed by atoms with Crippen molar-refractivity contribution in [2.75, 3.05) is 4.90 Å². The molecule has 17 heavy (non-hydrogen) atoms. The molecule has 1 fully saturated rings. The van der Waals surface area contributed by atoms with Crippen LogP contribution in [0, 0.1) is 11.7 Å². The van der Waals surface area contributed by atoms with Crippen LogP contribution < -0.4 is 4.90 Å². The number of amides is 1. The van der Waals surface area contributed by atoms with Gasteiger partial charge in [-0.2, -0.15) is 0 Å². The van der Waals surface area contributed by atoms with Gasteiger partial charge in [-0.3, -0.25) is 4.79 Å². The number of carbonyl (C=O) groups excluding carboxylic acids is 1. The number of hydrogen-bond donors (Lipinski definition) is 0. The summed E-state index contributed by atoms with van der Waals surface area (Å²) >= 11 is 3.38. The molecule has 3 atom stereocenters. The Labute approximate surface area is 106 Å². The van der Waals surface area contributed by atoms with Gasteiger partial charge in [-0.1, -0.05) is 12.2 Å². The van der Waals surface area contributed by atoms with Crippen LogP contribution in [0.3, 0.4) is 0 Å². The zero-order chi connectivity index (χ0) is 11.7. The predicted octanol–water partition coefficient (Wildman–Crippen LogP) is 2.98. The third-order valence-electron chi connectivity index (χ3n) is 4.01. The van der Waals surface area contributed by atoms with Gasteiger partial charge in [0.2, 0.25) is 5.91 Å². The molecule has 2 nitrogen and oxygen atoms in total. The van der Waals surface area contributed by atoms with Gasteiger partial charge < -0.3 is 4.90 Å². The lowest BCUT2D eigenvalue weighted by Gasteiger charge is -2.19. The third kappa shape index (κ3) is 1.07. The molecule has 0 bridgehead atoms. The molecule has 0 unspecified atom stereocenters. The maximum atomic E-state index is 13.5. The highest BCUT2D eigenvalue weighted by Gasteiger charge is 2.52. The van der Waals surface area contributed by atoms with E-state index < -0.39 is 0 Å². The highest BCUT2D eigenvalue weighted by atomic mass is 79.9. The van der Waals surface area contributed by atoms with Gasteiger partial charge >= 0.3 is 0 Å². The van der Waals surface area contributed by atoms with Gasteiger partial charge in [0.15, 0.2) is 0 Å². The van der Waals surface area contributed by atoms with E-state index in [-0.39, 0.29) is 23.7 Å². The summed E-state index contributed by atoms with van der Waals surface area (Å²) in [6, 6.07) is 3.18. The minimum Gasteiger partial charge on any atom is -0.306 e. The molecular weight excluding hydrogens is 285 g/mol. The monoisotopic (exact) mass is 293 g/mol. The largest absolute Gasteiger partial charge is 0.306 e. The van der Waals surface area contributed by atoms with Crippen LogP contribution in [0.1, 0.15) is 17.9 Å². The van der Waals surface area contributed by atoms with Gasteiger partial charge in [0.1, 0.15) is 5.82 Å². The number of anilines is 1. The minimum atomic E-state index is -0.249. The highest BCUT2D eigenvalue weighted by molar-refractivity contribution is 9.10. The van der Waals surface area contributed by atoms with E-state index in [2.05, 4.69) is 28.1 Å². The average Bonchev–Trinajstić information content (AvgIpc) is 2.85. The quantitative estimate of drug-likeness (QED) is 0.674. The number of halogens is 2. The number of benzene rings is 1. The Morgan fingerprint density at radius 2 is 2.18 bits per heavy atom. The van der Waals surface area contributed by atoms with Crippen molar-refractivity contribution in [1.29, 1.82) is 0 Å². The summed E-state index contributed by atoms with van der Waals surface area (Å²) in [5.41, 5.74) is 1.81. The lowest BCUT2D eigenvalue weighted by molar-refractivity contribution is -0.117. The first kappa shape index (κ1) is 9.83. The zero-order valence-corrected chi connectivity index (χ0v) is 10.4. The van der Waals surface area contributed by atoms with Crippen LogP contribution in [-0.4, -0.2) is 11.9 Å². The van der Waals surface area contributed by atoms with Crippen LogP contribution in [-0.2, 0) is 4.79 Å². The van der Waals surface area contributed by atoms with Crippen LogP contribution in [0.15, 0.2) is 28.8 Å². The number of fused-ring (bicyclic) bond motifs is 3. The molecule has 3 aliphatic rings. The van der Waals surface area contributed by atoms with E-state index >= 15 is 0 Å².